The van der Waals surface area contributed by atoms with Gasteiger partial charge in [-0.05, 0) is 42.6 Å². The van der Waals surface area contributed by atoms with E-state index in [2.05, 4.69) is 12.2 Å². The van der Waals surface area contributed by atoms with Crippen LogP contribution in [-0.2, 0) is 9.59 Å². The average Bonchev–Trinajstić information content (AvgIpc) is 2.47. The highest BCUT2D eigenvalue weighted by Crippen LogP contribution is 2.10. The third-order valence-corrected chi connectivity index (χ3v) is 4.28. The van der Waals surface area contributed by atoms with Crippen molar-refractivity contribution < 1.29 is 9.59 Å². The fourth-order valence-electron chi connectivity index (χ4n) is 2.44. The largest absolute Gasteiger partial charge is 0.306 e. The van der Waals surface area contributed by atoms with Gasteiger partial charge in [0.05, 0.1) is 6.04 Å². The zero-order chi connectivity index (χ0) is 16.6. The van der Waals surface area contributed by atoms with Crippen LogP contribution in [0.1, 0.15) is 84.0 Å². The van der Waals surface area contributed by atoms with Crippen molar-refractivity contribution in [2.24, 2.45) is 0 Å². The molecule has 1 atom stereocenters. The molecule has 0 saturated heterocycles. The van der Waals surface area contributed by atoms with Crippen molar-refractivity contribution in [3.8, 4) is 0 Å². The maximum absolute atomic E-state index is 11.2. The van der Waals surface area contributed by atoms with E-state index in [0.717, 1.165) is 13.0 Å². The predicted molar refractivity (Wildman–Crippen MR) is 94.6 cm³/mol. The van der Waals surface area contributed by atoms with Crippen molar-refractivity contribution >= 4 is 33.7 Å². The van der Waals surface area contributed by atoms with Crippen LogP contribution in [0.15, 0.2) is 0 Å². The van der Waals surface area contributed by atoms with Crippen LogP contribution < -0.4 is 5.32 Å². The Bertz CT molecular complexity index is 298. The van der Waals surface area contributed by atoms with Crippen LogP contribution in [-0.4, -0.2) is 23.1 Å². The number of rotatable bonds is 16. The molecule has 0 unspecified atom stereocenters. The summed E-state index contributed by atoms with van der Waals surface area (Å²) in [5.74, 6) is 0. The van der Waals surface area contributed by atoms with Gasteiger partial charge in [-0.1, -0.05) is 64.7 Å². The number of carbonyl (C=O) groups is 2. The molecule has 1 N–H and O–H groups in total. The molecule has 0 radical (unpaired) electrons. The molecule has 22 heavy (non-hydrogen) atoms. The lowest BCUT2D eigenvalue weighted by atomic mass is 10.1. The van der Waals surface area contributed by atoms with E-state index < -0.39 is 16.5 Å². The molecule has 5 heteroatoms. The maximum atomic E-state index is 11.2. The minimum absolute atomic E-state index is 0.176. The molecule has 0 aliphatic rings. The Morgan fingerprint density at radius 1 is 0.864 bits per heavy atom. The minimum Gasteiger partial charge on any atom is -0.306 e. The highest BCUT2D eigenvalue weighted by Gasteiger charge is 2.16. The summed E-state index contributed by atoms with van der Waals surface area (Å²) in [5, 5.41) is 2.24. The first-order chi connectivity index (χ1) is 10.6. The summed E-state index contributed by atoms with van der Waals surface area (Å²) in [4.78, 5) is 21.9. The first kappa shape index (κ1) is 21.9. The van der Waals surface area contributed by atoms with E-state index >= 15 is 0 Å². The molecule has 0 heterocycles. The minimum atomic E-state index is -0.456. The van der Waals surface area contributed by atoms with Crippen LogP contribution >= 0.6 is 23.2 Å². The van der Waals surface area contributed by atoms with E-state index in [1.165, 1.54) is 57.8 Å². The van der Waals surface area contributed by atoms with Gasteiger partial charge in [-0.25, -0.2) is 0 Å². The summed E-state index contributed by atoms with van der Waals surface area (Å²) in [5.41, 5.74) is 0. The van der Waals surface area contributed by atoms with Gasteiger partial charge in [0.1, 0.15) is 0 Å². The lowest BCUT2D eigenvalue weighted by molar-refractivity contribution is -0.114. The maximum Gasteiger partial charge on any atom is 0.238 e. The predicted octanol–water partition coefficient (Wildman–Crippen LogP) is 5.18. The van der Waals surface area contributed by atoms with Crippen molar-refractivity contribution in [3.05, 3.63) is 0 Å². The van der Waals surface area contributed by atoms with E-state index in [-0.39, 0.29) is 6.42 Å². The second-order valence-corrected chi connectivity index (χ2v) is 6.68. The number of hydrogen-bond donors (Lipinski definition) is 1. The molecular formula is C17H31Cl2NO2. The first-order valence-corrected chi connectivity index (χ1v) is 9.44. The standard InChI is InChI=1S/C17H31Cl2NO2/c1-2-3-4-5-6-7-8-9-10-11-14-20-15(17(19)22)12-13-16(18)21/h15,20H,2-14H2,1H3/t15-/m1/s1. The van der Waals surface area contributed by atoms with E-state index in [4.69, 9.17) is 23.2 Å². The van der Waals surface area contributed by atoms with Crippen LogP contribution in [0, 0.1) is 0 Å². The van der Waals surface area contributed by atoms with Gasteiger partial charge < -0.3 is 5.32 Å². The molecule has 0 bridgehead atoms. The van der Waals surface area contributed by atoms with E-state index in [9.17, 15) is 9.59 Å². The summed E-state index contributed by atoms with van der Waals surface area (Å²) in [6.07, 6.45) is 13.4. The second-order valence-electron chi connectivity index (χ2n) is 5.89. The molecule has 0 aliphatic heterocycles. The summed E-state index contributed by atoms with van der Waals surface area (Å²) < 4.78 is 0. The molecule has 130 valence electrons. The Kier molecular flexibility index (Phi) is 15.7. The van der Waals surface area contributed by atoms with Gasteiger partial charge in [0, 0.05) is 6.42 Å². The summed E-state index contributed by atoms with van der Waals surface area (Å²) in [6.45, 7) is 3.00. The molecular weight excluding hydrogens is 321 g/mol. The molecule has 0 fully saturated rings. The fraction of sp³-hybridized carbons (Fsp3) is 0.882. The second kappa shape index (κ2) is 15.8. The first-order valence-electron chi connectivity index (χ1n) is 8.69. The van der Waals surface area contributed by atoms with Crippen molar-refractivity contribution in [1.82, 2.24) is 5.32 Å². The van der Waals surface area contributed by atoms with Gasteiger partial charge in [0.15, 0.2) is 0 Å². The third-order valence-electron chi connectivity index (χ3n) is 3.82. The Balaban J connectivity index is 3.42. The van der Waals surface area contributed by atoms with Gasteiger partial charge in [-0.3, -0.25) is 9.59 Å². The van der Waals surface area contributed by atoms with Crippen LogP contribution in [0.4, 0.5) is 0 Å². The number of carbonyl (C=O) groups excluding carboxylic acids is 2. The zero-order valence-corrected chi connectivity index (χ0v) is 15.4. The van der Waals surface area contributed by atoms with Gasteiger partial charge in [0.25, 0.3) is 0 Å². The summed E-state index contributed by atoms with van der Waals surface area (Å²) >= 11 is 10.8. The molecule has 0 spiro atoms. The highest BCUT2D eigenvalue weighted by molar-refractivity contribution is 6.65. The number of nitrogens with one attached hydrogen (secondary N) is 1. The highest BCUT2D eigenvalue weighted by atomic mass is 35.5. The van der Waals surface area contributed by atoms with Crippen molar-refractivity contribution in [3.63, 3.8) is 0 Å². The number of halogens is 2. The van der Waals surface area contributed by atoms with E-state index in [0.29, 0.717) is 6.42 Å². The van der Waals surface area contributed by atoms with Crippen molar-refractivity contribution in [2.75, 3.05) is 6.54 Å². The lowest BCUT2D eigenvalue weighted by Gasteiger charge is -2.13. The van der Waals surface area contributed by atoms with Gasteiger partial charge in [-0.15, -0.1) is 0 Å². The Morgan fingerprint density at radius 3 is 1.82 bits per heavy atom. The number of hydrogen-bond acceptors (Lipinski definition) is 3. The quantitative estimate of drug-likeness (QED) is 0.308. The topological polar surface area (TPSA) is 46.2 Å². The molecule has 3 nitrogen and oxygen atoms in total. The van der Waals surface area contributed by atoms with Crippen LogP contribution in [0.2, 0.25) is 0 Å². The Morgan fingerprint density at radius 2 is 1.36 bits per heavy atom. The van der Waals surface area contributed by atoms with Crippen molar-refractivity contribution in [1.29, 1.82) is 0 Å². The average molecular weight is 352 g/mol. The van der Waals surface area contributed by atoms with Gasteiger partial charge in [0.2, 0.25) is 10.5 Å². The van der Waals surface area contributed by atoms with Gasteiger partial charge >= 0.3 is 0 Å². The Hall–Kier alpha value is -0.120. The molecule has 0 aromatic carbocycles. The lowest BCUT2D eigenvalue weighted by Crippen LogP contribution is -2.35. The number of unbranched alkanes of at least 4 members (excludes halogenated alkanes) is 9. The molecule has 0 aromatic heterocycles. The molecule has 0 amide bonds. The summed E-state index contributed by atoms with van der Waals surface area (Å²) in [6, 6.07) is -0.456. The van der Waals surface area contributed by atoms with E-state index in [1.807, 2.05) is 0 Å². The molecule has 0 aliphatic carbocycles. The third kappa shape index (κ3) is 14.8. The van der Waals surface area contributed by atoms with Gasteiger partial charge in [-0.2, -0.15) is 0 Å². The van der Waals surface area contributed by atoms with Crippen LogP contribution in [0.5, 0.6) is 0 Å². The Labute approximate surface area is 145 Å². The summed E-state index contributed by atoms with van der Waals surface area (Å²) in [7, 11) is 0. The SMILES string of the molecule is CCCCCCCCCCCCN[C@H](CCC(=O)Cl)C(=O)Cl. The molecule has 0 aromatic rings. The monoisotopic (exact) mass is 351 g/mol. The zero-order valence-electron chi connectivity index (χ0n) is 13.8. The smallest absolute Gasteiger partial charge is 0.238 e. The van der Waals surface area contributed by atoms with Crippen LogP contribution in [0.3, 0.4) is 0 Å². The fourth-order valence-corrected chi connectivity index (χ4v) is 2.74. The molecule has 0 saturated carbocycles. The van der Waals surface area contributed by atoms with E-state index in [1.54, 1.807) is 0 Å². The normalized spacial score (nSPS) is 12.3. The van der Waals surface area contributed by atoms with Crippen LogP contribution in [0.25, 0.3) is 0 Å². The van der Waals surface area contributed by atoms with Crippen molar-refractivity contribution in [2.45, 2.75) is 90.0 Å². The molecule has 0 rings (SSSR count).